The lowest BCUT2D eigenvalue weighted by Gasteiger charge is -2.29. The van der Waals surface area contributed by atoms with Gasteiger partial charge in [-0.3, -0.25) is 14.3 Å². The Kier molecular flexibility index (Phi) is 3.35. The quantitative estimate of drug-likeness (QED) is 0.481. The van der Waals surface area contributed by atoms with E-state index in [0.29, 0.717) is 17.1 Å². The van der Waals surface area contributed by atoms with Gasteiger partial charge in [0, 0.05) is 5.56 Å². The van der Waals surface area contributed by atoms with E-state index < -0.39 is 11.2 Å². The zero-order chi connectivity index (χ0) is 16.8. The maximum absolute atomic E-state index is 13.6. The molecule has 1 aliphatic heterocycles. The van der Waals surface area contributed by atoms with Crippen LogP contribution in [0.5, 0.6) is 0 Å². The van der Waals surface area contributed by atoms with Gasteiger partial charge in [-0.1, -0.05) is 0 Å². The summed E-state index contributed by atoms with van der Waals surface area (Å²) < 4.78 is 28.5. The summed E-state index contributed by atoms with van der Waals surface area (Å²) >= 11 is 5.67. The van der Waals surface area contributed by atoms with E-state index in [1.165, 1.54) is 29.2 Å². The minimum atomic E-state index is -0.709. The molecule has 0 aliphatic carbocycles. The third kappa shape index (κ3) is 2.27. The van der Waals surface area contributed by atoms with Crippen LogP contribution in [0.25, 0.3) is 16.9 Å². The molecular formula is C17H10ClF2N3O. The lowest BCUT2D eigenvalue weighted by molar-refractivity contribution is 0.263. The smallest absolute Gasteiger partial charge is 0.299 e. The van der Waals surface area contributed by atoms with E-state index in [1.54, 1.807) is 29.1 Å². The molecule has 0 radical (unpaired) electrons. The Morgan fingerprint density at radius 2 is 1.75 bits per heavy atom. The van der Waals surface area contributed by atoms with Crippen molar-refractivity contribution in [3.63, 3.8) is 0 Å². The van der Waals surface area contributed by atoms with Crippen molar-refractivity contribution in [1.82, 2.24) is 9.55 Å². The van der Waals surface area contributed by atoms with Gasteiger partial charge < -0.3 is 0 Å². The van der Waals surface area contributed by atoms with E-state index in [-0.39, 0.29) is 12.4 Å². The number of nitrogens with zero attached hydrogens (tertiary/aromatic N) is 3. The molecule has 1 aromatic heterocycles. The summed E-state index contributed by atoms with van der Waals surface area (Å²) in [6.07, 6.45) is 1.60. The SMILES string of the molecule is O=C(Cl)N1Cc2c(-c3ccc(F)cc3)ncn2-c2ccc(F)cc21. The fraction of sp³-hybridized carbons (Fsp3) is 0.0588. The second-order valence-electron chi connectivity index (χ2n) is 5.39. The Labute approximate surface area is 140 Å². The number of anilines is 1. The number of hydrogen-bond donors (Lipinski definition) is 0. The zero-order valence-corrected chi connectivity index (χ0v) is 13.0. The number of benzene rings is 2. The highest BCUT2D eigenvalue weighted by atomic mass is 35.5. The fourth-order valence-corrected chi connectivity index (χ4v) is 3.04. The molecule has 0 unspecified atom stereocenters. The van der Waals surface area contributed by atoms with Crippen LogP contribution in [0.1, 0.15) is 5.69 Å². The van der Waals surface area contributed by atoms with Gasteiger partial charge in [0.15, 0.2) is 0 Å². The van der Waals surface area contributed by atoms with E-state index in [2.05, 4.69) is 4.98 Å². The number of halogens is 3. The van der Waals surface area contributed by atoms with Crippen LogP contribution in [0.3, 0.4) is 0 Å². The predicted octanol–water partition coefficient (Wildman–Crippen LogP) is 4.50. The van der Waals surface area contributed by atoms with Gasteiger partial charge in [-0.15, -0.1) is 0 Å². The predicted molar refractivity (Wildman–Crippen MR) is 86.3 cm³/mol. The van der Waals surface area contributed by atoms with Crippen LogP contribution >= 0.6 is 11.6 Å². The monoisotopic (exact) mass is 345 g/mol. The number of carbonyl (C=O) groups is 1. The highest BCUT2D eigenvalue weighted by molar-refractivity contribution is 6.66. The van der Waals surface area contributed by atoms with Crippen molar-refractivity contribution in [3.8, 4) is 16.9 Å². The number of rotatable bonds is 1. The lowest BCUT2D eigenvalue weighted by Crippen LogP contribution is -2.31. The average Bonchev–Trinajstić information content (AvgIpc) is 2.98. The molecule has 2 heterocycles. The van der Waals surface area contributed by atoms with Gasteiger partial charge in [-0.25, -0.2) is 13.8 Å². The molecule has 1 aliphatic rings. The van der Waals surface area contributed by atoms with Crippen LogP contribution in [0.4, 0.5) is 19.3 Å². The topological polar surface area (TPSA) is 38.1 Å². The number of carbonyl (C=O) groups excluding carboxylic acids is 1. The number of amides is 1. The summed E-state index contributed by atoms with van der Waals surface area (Å²) in [6, 6.07) is 10.1. The molecule has 120 valence electrons. The lowest BCUT2D eigenvalue weighted by atomic mass is 10.1. The Balaban J connectivity index is 1.91. The highest BCUT2D eigenvalue weighted by Crippen LogP contribution is 2.37. The molecule has 0 saturated heterocycles. The highest BCUT2D eigenvalue weighted by Gasteiger charge is 2.29. The minimum absolute atomic E-state index is 0.144. The minimum Gasteiger partial charge on any atom is -0.299 e. The molecule has 0 fully saturated rings. The van der Waals surface area contributed by atoms with Gasteiger partial charge in [0.25, 0.3) is 0 Å². The summed E-state index contributed by atoms with van der Waals surface area (Å²) in [7, 11) is 0. The maximum Gasteiger partial charge on any atom is 0.321 e. The third-order valence-electron chi connectivity index (χ3n) is 3.99. The maximum atomic E-state index is 13.6. The second kappa shape index (κ2) is 5.42. The summed E-state index contributed by atoms with van der Waals surface area (Å²) in [5, 5.41) is -0.709. The molecule has 4 nitrogen and oxygen atoms in total. The molecule has 7 heteroatoms. The molecule has 1 amide bonds. The summed E-state index contributed by atoms with van der Waals surface area (Å²) in [6.45, 7) is 0.144. The number of fused-ring (bicyclic) bond motifs is 3. The van der Waals surface area contributed by atoms with Crippen molar-refractivity contribution >= 4 is 22.7 Å². The summed E-state index contributed by atoms with van der Waals surface area (Å²) in [5.74, 6) is -0.802. The normalized spacial score (nSPS) is 12.7. The van der Waals surface area contributed by atoms with E-state index in [1.807, 2.05) is 0 Å². The Bertz CT molecular complexity index is 939. The molecule has 0 atom stereocenters. The van der Waals surface area contributed by atoms with E-state index in [9.17, 15) is 13.6 Å². The van der Waals surface area contributed by atoms with Gasteiger partial charge >= 0.3 is 5.37 Å². The standard InChI is InChI=1S/C17H10ClF2N3O/c18-17(24)22-8-15-16(10-1-3-11(19)4-2-10)21-9-23(15)13-6-5-12(20)7-14(13)22/h1-7,9H,8H2. The average molecular weight is 346 g/mol. The van der Waals surface area contributed by atoms with Gasteiger partial charge in [-0.2, -0.15) is 0 Å². The zero-order valence-electron chi connectivity index (χ0n) is 12.2. The molecule has 3 aromatic rings. The number of aromatic nitrogens is 2. The van der Waals surface area contributed by atoms with Gasteiger partial charge in [0.1, 0.15) is 18.0 Å². The van der Waals surface area contributed by atoms with E-state index >= 15 is 0 Å². The first-order valence-corrected chi connectivity index (χ1v) is 7.51. The van der Waals surface area contributed by atoms with E-state index in [0.717, 1.165) is 11.3 Å². The van der Waals surface area contributed by atoms with Crippen molar-refractivity contribution < 1.29 is 13.6 Å². The molecule has 0 N–H and O–H groups in total. The molecule has 0 spiro atoms. The van der Waals surface area contributed by atoms with Crippen molar-refractivity contribution in [2.24, 2.45) is 0 Å². The van der Waals surface area contributed by atoms with Crippen LogP contribution in [0, 0.1) is 11.6 Å². The van der Waals surface area contributed by atoms with Gasteiger partial charge in [0.05, 0.1) is 29.3 Å². The summed E-state index contributed by atoms with van der Waals surface area (Å²) in [5.41, 5.74) is 3.04. The van der Waals surface area contributed by atoms with Crippen LogP contribution in [-0.2, 0) is 6.54 Å². The van der Waals surface area contributed by atoms with Crippen molar-refractivity contribution in [2.75, 3.05) is 4.90 Å². The Morgan fingerprint density at radius 1 is 1.04 bits per heavy atom. The van der Waals surface area contributed by atoms with Crippen molar-refractivity contribution in [2.45, 2.75) is 6.54 Å². The molecule has 24 heavy (non-hydrogen) atoms. The first kappa shape index (κ1) is 14.8. The largest absolute Gasteiger partial charge is 0.321 e. The van der Waals surface area contributed by atoms with Crippen molar-refractivity contribution in [1.29, 1.82) is 0 Å². The molecular weight excluding hydrogens is 336 g/mol. The Hall–Kier alpha value is -2.73. The van der Waals surface area contributed by atoms with Crippen molar-refractivity contribution in [3.05, 3.63) is 66.1 Å². The molecule has 0 saturated carbocycles. The van der Waals surface area contributed by atoms with Crippen LogP contribution < -0.4 is 4.90 Å². The third-order valence-corrected chi connectivity index (χ3v) is 4.20. The second-order valence-corrected chi connectivity index (χ2v) is 5.71. The summed E-state index contributed by atoms with van der Waals surface area (Å²) in [4.78, 5) is 17.4. The fourth-order valence-electron chi connectivity index (χ4n) is 2.89. The first-order valence-electron chi connectivity index (χ1n) is 7.13. The van der Waals surface area contributed by atoms with Gasteiger partial charge in [-0.05, 0) is 54.1 Å². The van der Waals surface area contributed by atoms with Gasteiger partial charge in [0.2, 0.25) is 0 Å². The molecule has 2 aromatic carbocycles. The number of imidazole rings is 1. The van der Waals surface area contributed by atoms with E-state index in [4.69, 9.17) is 11.6 Å². The first-order chi connectivity index (χ1) is 11.5. The molecule has 0 bridgehead atoms. The van der Waals surface area contributed by atoms with Crippen LogP contribution in [-0.4, -0.2) is 14.9 Å². The molecule has 4 rings (SSSR count). The Morgan fingerprint density at radius 3 is 2.46 bits per heavy atom. The van der Waals surface area contributed by atoms with Crippen LogP contribution in [0.15, 0.2) is 48.8 Å². The number of hydrogen-bond acceptors (Lipinski definition) is 2. The van der Waals surface area contributed by atoms with Crippen LogP contribution in [0.2, 0.25) is 0 Å².